The van der Waals surface area contributed by atoms with Crippen molar-refractivity contribution < 1.29 is 23.6 Å². The Hall–Kier alpha value is -3.68. The number of methoxy groups -OCH3 is 1. The van der Waals surface area contributed by atoms with E-state index in [0.717, 1.165) is 11.6 Å². The Balaban J connectivity index is 1.93. The van der Waals surface area contributed by atoms with Crippen LogP contribution in [0.2, 0.25) is 0 Å². The van der Waals surface area contributed by atoms with Crippen LogP contribution in [-0.2, 0) is 0 Å². The second-order valence-electron chi connectivity index (χ2n) is 5.44. The first-order valence-electron chi connectivity index (χ1n) is 7.48. The van der Waals surface area contributed by atoms with Gasteiger partial charge in [-0.05, 0) is 36.8 Å². The highest BCUT2D eigenvalue weighted by Crippen LogP contribution is 2.28. The normalized spacial score (nSPS) is 10.5. The van der Waals surface area contributed by atoms with Gasteiger partial charge in [-0.25, -0.2) is 9.59 Å². The third kappa shape index (κ3) is 3.25. The summed E-state index contributed by atoms with van der Waals surface area (Å²) in [6, 6.07) is 9.74. The fourth-order valence-electron chi connectivity index (χ4n) is 2.49. The zero-order chi connectivity index (χ0) is 18.8. The molecule has 0 amide bonds. The number of nitro groups is 1. The van der Waals surface area contributed by atoms with Crippen molar-refractivity contribution in [1.82, 2.24) is 0 Å². The minimum absolute atomic E-state index is 0.0108. The van der Waals surface area contributed by atoms with Gasteiger partial charge < -0.3 is 13.9 Å². The van der Waals surface area contributed by atoms with Crippen LogP contribution in [0.15, 0.2) is 51.7 Å². The Labute approximate surface area is 146 Å². The smallest absolute Gasteiger partial charge is 0.343 e. The molecule has 3 aromatic rings. The van der Waals surface area contributed by atoms with Gasteiger partial charge in [-0.1, -0.05) is 0 Å². The summed E-state index contributed by atoms with van der Waals surface area (Å²) in [6.45, 7) is 1.77. The number of carbonyl (C=O) groups is 1. The molecule has 0 aliphatic heterocycles. The van der Waals surface area contributed by atoms with Gasteiger partial charge in [0.2, 0.25) is 0 Å². The molecule has 1 heterocycles. The van der Waals surface area contributed by atoms with E-state index in [-0.39, 0.29) is 28.3 Å². The lowest BCUT2D eigenvalue weighted by molar-refractivity contribution is -0.385. The predicted molar refractivity (Wildman–Crippen MR) is 91.8 cm³/mol. The van der Waals surface area contributed by atoms with Gasteiger partial charge in [-0.2, -0.15) is 0 Å². The molecule has 8 nitrogen and oxygen atoms in total. The highest BCUT2D eigenvalue weighted by atomic mass is 16.6. The average molecular weight is 355 g/mol. The fraction of sp³-hybridized carbons (Fsp3) is 0.111. The van der Waals surface area contributed by atoms with Gasteiger partial charge in [0.25, 0.3) is 0 Å². The molecule has 0 aliphatic rings. The molecule has 0 atom stereocenters. The summed E-state index contributed by atoms with van der Waals surface area (Å²) < 4.78 is 15.2. The van der Waals surface area contributed by atoms with Gasteiger partial charge in [0.1, 0.15) is 11.3 Å². The number of fused-ring (bicyclic) bond motifs is 1. The largest absolute Gasteiger partial charge is 0.490 e. The minimum Gasteiger partial charge on any atom is -0.490 e. The van der Waals surface area contributed by atoms with E-state index in [1.54, 1.807) is 19.1 Å². The van der Waals surface area contributed by atoms with Crippen molar-refractivity contribution in [2.45, 2.75) is 6.92 Å². The average Bonchev–Trinajstić information content (AvgIpc) is 2.60. The summed E-state index contributed by atoms with van der Waals surface area (Å²) >= 11 is 0. The van der Waals surface area contributed by atoms with Crippen molar-refractivity contribution in [2.75, 3.05) is 7.11 Å². The van der Waals surface area contributed by atoms with Crippen LogP contribution in [-0.4, -0.2) is 18.0 Å². The zero-order valence-electron chi connectivity index (χ0n) is 13.8. The molecule has 1 aromatic heterocycles. The standard InChI is InChI=1S/C18H13NO7/c1-10-7-17(20)26-16-9-12(4-5-13(10)16)25-18(21)11-3-6-15(24-2)14(8-11)19(22)23/h3-9H,1-2H3. The van der Waals surface area contributed by atoms with Gasteiger partial charge in [-0.15, -0.1) is 0 Å². The monoisotopic (exact) mass is 355 g/mol. The molecular formula is C18H13NO7. The Morgan fingerprint density at radius 2 is 1.92 bits per heavy atom. The van der Waals surface area contributed by atoms with Crippen molar-refractivity contribution in [3.63, 3.8) is 0 Å². The van der Waals surface area contributed by atoms with E-state index < -0.39 is 16.5 Å². The number of ether oxygens (including phenoxy) is 2. The van der Waals surface area contributed by atoms with Crippen LogP contribution in [0.25, 0.3) is 11.0 Å². The third-order valence-corrected chi connectivity index (χ3v) is 3.74. The number of aryl methyl sites for hydroxylation is 1. The number of esters is 1. The lowest BCUT2D eigenvalue weighted by atomic mass is 10.1. The molecule has 132 valence electrons. The van der Waals surface area contributed by atoms with Crippen LogP contribution < -0.4 is 15.1 Å². The molecule has 0 bridgehead atoms. The fourth-order valence-corrected chi connectivity index (χ4v) is 2.49. The van der Waals surface area contributed by atoms with Crippen LogP contribution >= 0.6 is 0 Å². The van der Waals surface area contributed by atoms with Gasteiger partial charge in [0.15, 0.2) is 5.75 Å². The predicted octanol–water partition coefficient (Wildman–Crippen LogP) is 3.24. The first-order valence-corrected chi connectivity index (χ1v) is 7.48. The molecule has 0 spiro atoms. The molecule has 0 saturated heterocycles. The van der Waals surface area contributed by atoms with Crippen LogP contribution in [0, 0.1) is 17.0 Å². The van der Waals surface area contributed by atoms with E-state index in [0.29, 0.717) is 5.39 Å². The van der Waals surface area contributed by atoms with E-state index in [4.69, 9.17) is 13.9 Å². The number of benzene rings is 2. The van der Waals surface area contributed by atoms with Gasteiger partial charge in [0, 0.05) is 23.6 Å². The third-order valence-electron chi connectivity index (χ3n) is 3.74. The number of rotatable bonds is 4. The maximum atomic E-state index is 12.3. The molecule has 0 fully saturated rings. The summed E-state index contributed by atoms with van der Waals surface area (Å²) in [5.74, 6) is -0.602. The summed E-state index contributed by atoms with van der Waals surface area (Å²) in [5, 5.41) is 11.8. The number of nitro benzene ring substituents is 1. The minimum atomic E-state index is -0.787. The van der Waals surface area contributed by atoms with E-state index in [1.807, 2.05) is 0 Å². The lowest BCUT2D eigenvalue weighted by Gasteiger charge is -2.07. The second kappa shape index (κ2) is 6.67. The Morgan fingerprint density at radius 3 is 2.62 bits per heavy atom. The molecule has 0 unspecified atom stereocenters. The summed E-state index contributed by atoms with van der Waals surface area (Å²) in [7, 11) is 1.30. The molecule has 8 heteroatoms. The first-order chi connectivity index (χ1) is 12.4. The number of carbonyl (C=O) groups excluding carboxylic acids is 1. The highest BCUT2D eigenvalue weighted by molar-refractivity contribution is 5.93. The maximum Gasteiger partial charge on any atom is 0.343 e. The topological polar surface area (TPSA) is 109 Å². The van der Waals surface area contributed by atoms with E-state index in [9.17, 15) is 19.7 Å². The van der Waals surface area contributed by atoms with Crippen LogP contribution in [0.4, 0.5) is 5.69 Å². The van der Waals surface area contributed by atoms with Crippen LogP contribution in [0.1, 0.15) is 15.9 Å². The summed E-state index contributed by atoms with van der Waals surface area (Å²) in [4.78, 5) is 34.2. The van der Waals surface area contributed by atoms with Crippen molar-refractivity contribution >= 4 is 22.6 Å². The lowest BCUT2D eigenvalue weighted by Crippen LogP contribution is -2.09. The molecule has 2 aromatic carbocycles. The first kappa shape index (κ1) is 17.2. The van der Waals surface area contributed by atoms with Crippen molar-refractivity contribution in [1.29, 1.82) is 0 Å². The van der Waals surface area contributed by atoms with Crippen LogP contribution in [0.3, 0.4) is 0 Å². The summed E-state index contributed by atoms with van der Waals surface area (Å²) in [6.07, 6.45) is 0. The van der Waals surface area contributed by atoms with E-state index in [1.165, 1.54) is 31.4 Å². The Morgan fingerprint density at radius 1 is 1.15 bits per heavy atom. The van der Waals surface area contributed by atoms with Crippen molar-refractivity contribution in [3.05, 3.63) is 74.1 Å². The second-order valence-corrected chi connectivity index (χ2v) is 5.44. The Bertz CT molecular complexity index is 1080. The molecular weight excluding hydrogens is 342 g/mol. The van der Waals surface area contributed by atoms with Gasteiger partial charge >= 0.3 is 17.3 Å². The van der Waals surface area contributed by atoms with Crippen LogP contribution in [0.5, 0.6) is 11.5 Å². The maximum absolute atomic E-state index is 12.3. The van der Waals surface area contributed by atoms with Crippen molar-refractivity contribution in [3.8, 4) is 11.5 Å². The highest BCUT2D eigenvalue weighted by Gasteiger charge is 2.19. The number of hydrogen-bond acceptors (Lipinski definition) is 7. The zero-order valence-corrected chi connectivity index (χ0v) is 13.8. The molecule has 0 saturated carbocycles. The SMILES string of the molecule is COc1ccc(C(=O)Oc2ccc3c(C)cc(=O)oc3c2)cc1[N+](=O)[O-]. The molecule has 26 heavy (non-hydrogen) atoms. The van der Waals surface area contributed by atoms with Crippen molar-refractivity contribution in [2.24, 2.45) is 0 Å². The quantitative estimate of drug-likeness (QED) is 0.232. The van der Waals surface area contributed by atoms with Gasteiger partial charge in [0.05, 0.1) is 17.6 Å². The van der Waals surface area contributed by atoms with E-state index in [2.05, 4.69) is 0 Å². The molecule has 0 radical (unpaired) electrons. The van der Waals surface area contributed by atoms with Gasteiger partial charge in [-0.3, -0.25) is 10.1 Å². The number of hydrogen-bond donors (Lipinski definition) is 0. The molecule has 3 rings (SSSR count). The molecule has 0 N–H and O–H groups in total. The Kier molecular flexibility index (Phi) is 4.40. The number of nitrogens with zero attached hydrogens (tertiary/aromatic N) is 1. The van der Waals surface area contributed by atoms with E-state index >= 15 is 0 Å². The summed E-state index contributed by atoms with van der Waals surface area (Å²) in [5.41, 5.74) is 0.149. The molecule has 0 aliphatic carbocycles.